The van der Waals surface area contributed by atoms with Crippen molar-refractivity contribution in [3.8, 4) is 22.2 Å². The minimum Gasteiger partial charge on any atom is -0.454 e. The Hall–Kier alpha value is -2.72. The Balaban J connectivity index is 1.36. The van der Waals surface area contributed by atoms with E-state index in [4.69, 9.17) is 15.3 Å². The summed E-state index contributed by atoms with van der Waals surface area (Å²) in [5.41, 5.74) is 0.937. The molecule has 0 fully saturated rings. The maximum absolute atomic E-state index is 12.4. The van der Waals surface area contributed by atoms with Crippen molar-refractivity contribution in [2.45, 2.75) is 23.9 Å². The van der Waals surface area contributed by atoms with E-state index in [2.05, 4.69) is 15.5 Å². The van der Waals surface area contributed by atoms with Crippen LogP contribution in [0.5, 0.6) is 11.5 Å². The lowest BCUT2D eigenvalue weighted by atomic mass is 10.2. The molecule has 2 aromatic heterocycles. The number of amides is 1. The zero-order valence-electron chi connectivity index (χ0n) is 14.4. The minimum atomic E-state index is -0.373. The number of fused-ring (bicyclic) bond motifs is 1. The molecule has 140 valence electrons. The predicted octanol–water partition coefficient (Wildman–Crippen LogP) is 2.25. The Morgan fingerprint density at radius 3 is 3.04 bits per heavy atom. The molecule has 0 radical (unpaired) electrons. The molecule has 3 aromatic rings. The largest absolute Gasteiger partial charge is 0.454 e. The molecule has 0 aliphatic carbocycles. The first kappa shape index (κ1) is 17.7. The fourth-order valence-corrected chi connectivity index (χ4v) is 4.03. The summed E-state index contributed by atoms with van der Waals surface area (Å²) in [6.07, 6.45) is 0. The van der Waals surface area contributed by atoms with E-state index < -0.39 is 0 Å². The highest BCUT2D eigenvalue weighted by atomic mass is 32.2. The summed E-state index contributed by atoms with van der Waals surface area (Å²) in [6.45, 7) is 2.43. The van der Waals surface area contributed by atoms with Crippen molar-refractivity contribution in [2.75, 3.05) is 12.6 Å². The van der Waals surface area contributed by atoms with Crippen molar-refractivity contribution in [1.82, 2.24) is 20.2 Å². The lowest BCUT2D eigenvalue weighted by Crippen LogP contribution is -2.30. The van der Waals surface area contributed by atoms with Crippen LogP contribution in [0.15, 0.2) is 40.9 Å². The highest BCUT2D eigenvalue weighted by Gasteiger charge is 2.20. The third kappa shape index (κ3) is 3.71. The number of nitrogens with one attached hydrogen (secondary N) is 1. The number of nitrogen functional groups attached to an aromatic ring is 1. The van der Waals surface area contributed by atoms with Gasteiger partial charge < -0.3 is 20.6 Å². The molecule has 0 saturated heterocycles. The summed E-state index contributed by atoms with van der Waals surface area (Å²) in [5.74, 6) is 7.97. The van der Waals surface area contributed by atoms with E-state index in [9.17, 15) is 4.79 Å². The summed E-state index contributed by atoms with van der Waals surface area (Å²) in [4.78, 5) is 13.3. The number of ether oxygens (including phenoxy) is 2. The Bertz CT molecular complexity index is 958. The molecule has 3 N–H and O–H groups in total. The number of thiophene rings is 1. The van der Waals surface area contributed by atoms with Gasteiger partial charge in [0.05, 0.1) is 10.1 Å². The number of benzene rings is 1. The molecular weight excluding hydrogens is 386 g/mol. The van der Waals surface area contributed by atoms with E-state index in [1.807, 2.05) is 35.7 Å². The lowest BCUT2D eigenvalue weighted by Gasteiger charge is -2.11. The van der Waals surface area contributed by atoms with Gasteiger partial charge in [0, 0.05) is 6.54 Å². The van der Waals surface area contributed by atoms with Gasteiger partial charge in [-0.25, -0.2) is 4.68 Å². The number of hydrogen-bond donors (Lipinski definition) is 2. The van der Waals surface area contributed by atoms with Gasteiger partial charge in [-0.1, -0.05) is 23.9 Å². The van der Waals surface area contributed by atoms with E-state index in [1.54, 1.807) is 6.92 Å². The molecule has 4 rings (SSSR count). The number of carbonyl (C=O) groups is 1. The molecule has 3 heterocycles. The standard InChI is InChI=1S/C17H17N5O3S2/c1-10(27-17-21-20-15(22(17)18)14-3-2-6-26-14)16(23)19-8-11-4-5-12-13(7-11)25-9-24-12/h2-7,10H,8-9,18H2,1H3,(H,19,23)/t10-/m1/s1. The maximum atomic E-state index is 12.4. The number of hydrogen-bond acceptors (Lipinski definition) is 8. The Kier molecular flexibility index (Phi) is 4.90. The highest BCUT2D eigenvalue weighted by Crippen LogP contribution is 2.32. The normalized spacial score (nSPS) is 13.5. The number of thioether (sulfide) groups is 1. The second-order valence-corrected chi connectivity index (χ2v) is 8.07. The van der Waals surface area contributed by atoms with Gasteiger partial charge in [-0.2, -0.15) is 0 Å². The van der Waals surface area contributed by atoms with Crippen molar-refractivity contribution in [3.63, 3.8) is 0 Å². The smallest absolute Gasteiger partial charge is 0.233 e. The van der Waals surface area contributed by atoms with Crippen molar-refractivity contribution >= 4 is 29.0 Å². The van der Waals surface area contributed by atoms with E-state index in [-0.39, 0.29) is 18.0 Å². The van der Waals surface area contributed by atoms with E-state index in [0.29, 0.717) is 23.3 Å². The number of aromatic nitrogens is 3. The first-order chi connectivity index (χ1) is 13.1. The molecular formula is C17H17N5O3S2. The van der Waals surface area contributed by atoms with Crippen molar-refractivity contribution in [2.24, 2.45) is 0 Å². The first-order valence-electron chi connectivity index (χ1n) is 8.19. The molecule has 1 atom stereocenters. The van der Waals surface area contributed by atoms with Crippen LogP contribution in [-0.2, 0) is 11.3 Å². The van der Waals surface area contributed by atoms with Crippen LogP contribution in [0.1, 0.15) is 12.5 Å². The topological polar surface area (TPSA) is 104 Å². The second-order valence-electron chi connectivity index (χ2n) is 5.82. The fourth-order valence-electron chi connectivity index (χ4n) is 2.53. The van der Waals surface area contributed by atoms with Gasteiger partial charge in [0.1, 0.15) is 0 Å². The molecule has 0 unspecified atom stereocenters. The average molecular weight is 403 g/mol. The Morgan fingerprint density at radius 1 is 1.37 bits per heavy atom. The van der Waals surface area contributed by atoms with E-state index in [1.165, 1.54) is 27.8 Å². The van der Waals surface area contributed by atoms with Gasteiger partial charge >= 0.3 is 0 Å². The zero-order valence-corrected chi connectivity index (χ0v) is 16.0. The second kappa shape index (κ2) is 7.49. The molecule has 1 aliphatic rings. The average Bonchev–Trinajstić information content (AvgIpc) is 3.41. The SMILES string of the molecule is C[C@@H](Sc1nnc(-c2cccs2)n1N)C(=O)NCc1ccc2c(c1)OCO2. The van der Waals surface area contributed by atoms with E-state index in [0.717, 1.165) is 16.2 Å². The molecule has 8 nitrogen and oxygen atoms in total. The number of nitrogens with zero attached hydrogens (tertiary/aromatic N) is 3. The van der Waals surface area contributed by atoms with Crippen LogP contribution in [-0.4, -0.2) is 32.8 Å². The van der Waals surface area contributed by atoms with Crippen LogP contribution >= 0.6 is 23.1 Å². The molecule has 0 spiro atoms. The summed E-state index contributed by atoms with van der Waals surface area (Å²) >= 11 is 2.80. The molecule has 1 aliphatic heterocycles. The zero-order chi connectivity index (χ0) is 18.8. The lowest BCUT2D eigenvalue weighted by molar-refractivity contribution is -0.120. The monoisotopic (exact) mass is 403 g/mol. The van der Waals surface area contributed by atoms with E-state index >= 15 is 0 Å². The third-order valence-corrected chi connectivity index (χ3v) is 5.88. The summed E-state index contributed by atoms with van der Waals surface area (Å²) < 4.78 is 12.0. The molecule has 10 heteroatoms. The van der Waals surface area contributed by atoms with Gasteiger partial charge in [0.15, 0.2) is 17.3 Å². The van der Waals surface area contributed by atoms with Gasteiger partial charge in [-0.05, 0) is 36.1 Å². The highest BCUT2D eigenvalue weighted by molar-refractivity contribution is 8.00. The van der Waals surface area contributed by atoms with Crippen LogP contribution in [0.4, 0.5) is 0 Å². The van der Waals surface area contributed by atoms with Crippen LogP contribution in [0.25, 0.3) is 10.7 Å². The Morgan fingerprint density at radius 2 is 2.22 bits per heavy atom. The van der Waals surface area contributed by atoms with Crippen LogP contribution in [0.2, 0.25) is 0 Å². The van der Waals surface area contributed by atoms with Crippen molar-refractivity contribution in [1.29, 1.82) is 0 Å². The van der Waals surface area contributed by atoms with Crippen LogP contribution in [0.3, 0.4) is 0 Å². The molecule has 0 bridgehead atoms. The van der Waals surface area contributed by atoms with Crippen LogP contribution < -0.4 is 20.6 Å². The predicted molar refractivity (Wildman–Crippen MR) is 103 cm³/mol. The van der Waals surface area contributed by atoms with Gasteiger partial charge in [-0.15, -0.1) is 21.5 Å². The Labute approximate surface area is 163 Å². The summed E-state index contributed by atoms with van der Waals surface area (Å²) in [5, 5.41) is 13.2. The number of nitrogens with two attached hydrogens (primary N) is 1. The third-order valence-electron chi connectivity index (χ3n) is 3.96. The van der Waals surface area contributed by atoms with Crippen molar-refractivity contribution < 1.29 is 14.3 Å². The number of carbonyl (C=O) groups excluding carboxylic acids is 1. The quantitative estimate of drug-likeness (QED) is 0.480. The van der Waals surface area contributed by atoms with Gasteiger partial charge in [-0.3, -0.25) is 4.79 Å². The number of rotatable bonds is 6. The maximum Gasteiger partial charge on any atom is 0.233 e. The molecule has 1 aromatic carbocycles. The van der Waals surface area contributed by atoms with Crippen LogP contribution in [0, 0.1) is 0 Å². The minimum absolute atomic E-state index is 0.113. The van der Waals surface area contributed by atoms with Crippen molar-refractivity contribution in [3.05, 3.63) is 41.3 Å². The summed E-state index contributed by atoms with van der Waals surface area (Å²) in [6, 6.07) is 9.45. The first-order valence-corrected chi connectivity index (χ1v) is 9.95. The van der Waals surface area contributed by atoms with Gasteiger partial charge in [0.25, 0.3) is 0 Å². The molecule has 0 saturated carbocycles. The summed E-state index contributed by atoms with van der Waals surface area (Å²) in [7, 11) is 0. The molecule has 27 heavy (non-hydrogen) atoms. The fraction of sp³-hybridized carbons (Fsp3) is 0.235. The van der Waals surface area contributed by atoms with Gasteiger partial charge in [0.2, 0.25) is 17.9 Å². The molecule has 1 amide bonds.